The summed E-state index contributed by atoms with van der Waals surface area (Å²) in [7, 11) is 1.65. The second-order valence-electron chi connectivity index (χ2n) is 4.45. The molecule has 100 valence electrons. The van der Waals surface area contributed by atoms with Crippen LogP contribution in [0.3, 0.4) is 0 Å². The van der Waals surface area contributed by atoms with Crippen LogP contribution >= 0.6 is 0 Å². The number of benzene rings is 2. The molecule has 0 saturated carbocycles. The third-order valence-electron chi connectivity index (χ3n) is 3.20. The molecule has 4 nitrogen and oxygen atoms in total. The van der Waals surface area contributed by atoms with Crippen LogP contribution < -0.4 is 15.8 Å². The molecule has 2 aromatic carbocycles. The second-order valence-corrected chi connectivity index (χ2v) is 4.45. The Bertz CT molecular complexity index is 738. The Balaban J connectivity index is 1.95. The summed E-state index contributed by atoms with van der Waals surface area (Å²) in [5.74, 6) is 0.825. The number of anilines is 3. The van der Waals surface area contributed by atoms with E-state index in [0.29, 0.717) is 5.69 Å². The summed E-state index contributed by atoms with van der Waals surface area (Å²) in [6.45, 7) is 0. The molecule has 0 atom stereocenters. The van der Waals surface area contributed by atoms with Gasteiger partial charge < -0.3 is 15.8 Å². The summed E-state index contributed by atoms with van der Waals surface area (Å²) >= 11 is 0. The summed E-state index contributed by atoms with van der Waals surface area (Å²) < 4.78 is 5.14. The maximum absolute atomic E-state index is 6.20. The molecule has 4 heteroatoms. The predicted octanol–water partition coefficient (Wildman–Crippen LogP) is 3.57. The van der Waals surface area contributed by atoms with Gasteiger partial charge in [0.05, 0.1) is 24.0 Å². The number of nitrogens with one attached hydrogen (secondary N) is 1. The fourth-order valence-electron chi connectivity index (χ4n) is 2.11. The summed E-state index contributed by atoms with van der Waals surface area (Å²) in [5.41, 5.74) is 9.62. The summed E-state index contributed by atoms with van der Waals surface area (Å²) in [6.07, 6.45) is 1.76. The zero-order valence-electron chi connectivity index (χ0n) is 11.1. The van der Waals surface area contributed by atoms with E-state index in [1.807, 2.05) is 48.5 Å². The summed E-state index contributed by atoms with van der Waals surface area (Å²) in [4.78, 5) is 4.29. The Hall–Kier alpha value is -2.75. The van der Waals surface area contributed by atoms with Crippen molar-refractivity contribution in [3.8, 4) is 5.75 Å². The minimum absolute atomic E-state index is 0.700. The van der Waals surface area contributed by atoms with Crippen molar-refractivity contribution in [2.75, 3.05) is 18.2 Å². The van der Waals surface area contributed by atoms with E-state index in [4.69, 9.17) is 10.5 Å². The Morgan fingerprint density at radius 1 is 1.05 bits per heavy atom. The van der Waals surface area contributed by atoms with Gasteiger partial charge in [-0.1, -0.05) is 0 Å². The lowest BCUT2D eigenvalue weighted by atomic mass is 10.1. The number of nitrogens with two attached hydrogens (primary N) is 1. The number of aromatic nitrogens is 1. The molecule has 1 aromatic heterocycles. The summed E-state index contributed by atoms with van der Waals surface area (Å²) in [5, 5.41) is 4.26. The zero-order chi connectivity index (χ0) is 13.9. The molecule has 3 rings (SSSR count). The molecule has 0 spiro atoms. The highest BCUT2D eigenvalue weighted by Crippen LogP contribution is 2.30. The third-order valence-corrected chi connectivity index (χ3v) is 3.20. The molecular weight excluding hydrogens is 250 g/mol. The molecule has 0 bridgehead atoms. The predicted molar refractivity (Wildman–Crippen MR) is 82.4 cm³/mol. The van der Waals surface area contributed by atoms with E-state index in [1.165, 1.54) is 0 Å². The SMILES string of the molecule is COc1ccc(Nc2ccc3ncccc3c2N)cc1. The van der Waals surface area contributed by atoms with E-state index >= 15 is 0 Å². The fourth-order valence-corrected chi connectivity index (χ4v) is 2.11. The van der Waals surface area contributed by atoms with Gasteiger partial charge in [-0.25, -0.2) is 0 Å². The van der Waals surface area contributed by atoms with E-state index in [9.17, 15) is 0 Å². The molecule has 0 fully saturated rings. The maximum Gasteiger partial charge on any atom is 0.119 e. The highest BCUT2D eigenvalue weighted by atomic mass is 16.5. The van der Waals surface area contributed by atoms with E-state index in [1.54, 1.807) is 13.3 Å². The first-order chi connectivity index (χ1) is 9.78. The Morgan fingerprint density at radius 2 is 1.85 bits per heavy atom. The van der Waals surface area contributed by atoms with Gasteiger partial charge in [-0.15, -0.1) is 0 Å². The van der Waals surface area contributed by atoms with Crippen molar-refractivity contribution in [1.29, 1.82) is 0 Å². The van der Waals surface area contributed by atoms with Crippen LogP contribution in [0.15, 0.2) is 54.7 Å². The highest BCUT2D eigenvalue weighted by Gasteiger charge is 2.05. The molecule has 3 aromatic rings. The molecule has 0 amide bonds. The zero-order valence-corrected chi connectivity index (χ0v) is 11.1. The van der Waals surface area contributed by atoms with E-state index in [0.717, 1.165) is 28.0 Å². The van der Waals surface area contributed by atoms with Crippen LogP contribution in [0.2, 0.25) is 0 Å². The van der Waals surface area contributed by atoms with Crippen molar-refractivity contribution in [2.24, 2.45) is 0 Å². The van der Waals surface area contributed by atoms with Crippen molar-refractivity contribution >= 4 is 28.0 Å². The van der Waals surface area contributed by atoms with Gasteiger partial charge in [0.15, 0.2) is 0 Å². The molecule has 20 heavy (non-hydrogen) atoms. The highest BCUT2D eigenvalue weighted by molar-refractivity contribution is 5.97. The Labute approximate surface area is 117 Å². The lowest BCUT2D eigenvalue weighted by Crippen LogP contribution is -1.97. The van der Waals surface area contributed by atoms with Crippen LogP contribution in [0.5, 0.6) is 5.75 Å². The lowest BCUT2D eigenvalue weighted by molar-refractivity contribution is 0.415. The van der Waals surface area contributed by atoms with E-state index in [-0.39, 0.29) is 0 Å². The minimum atomic E-state index is 0.700. The van der Waals surface area contributed by atoms with Gasteiger partial charge in [-0.05, 0) is 48.5 Å². The van der Waals surface area contributed by atoms with Gasteiger partial charge in [0.2, 0.25) is 0 Å². The van der Waals surface area contributed by atoms with Gasteiger partial charge in [0.25, 0.3) is 0 Å². The quantitative estimate of drug-likeness (QED) is 0.711. The first kappa shape index (κ1) is 12.3. The first-order valence-corrected chi connectivity index (χ1v) is 6.32. The Morgan fingerprint density at radius 3 is 2.60 bits per heavy atom. The van der Waals surface area contributed by atoms with E-state index in [2.05, 4.69) is 10.3 Å². The minimum Gasteiger partial charge on any atom is -0.497 e. The molecular formula is C16H15N3O. The number of pyridine rings is 1. The Kier molecular flexibility index (Phi) is 3.13. The number of nitrogens with zero attached hydrogens (tertiary/aromatic N) is 1. The van der Waals surface area contributed by atoms with Crippen molar-refractivity contribution in [1.82, 2.24) is 4.98 Å². The molecule has 0 saturated heterocycles. The molecule has 0 radical (unpaired) electrons. The smallest absolute Gasteiger partial charge is 0.119 e. The van der Waals surface area contributed by atoms with Crippen LogP contribution in [-0.2, 0) is 0 Å². The van der Waals surface area contributed by atoms with Crippen LogP contribution in [0, 0.1) is 0 Å². The van der Waals surface area contributed by atoms with Crippen molar-refractivity contribution < 1.29 is 4.74 Å². The average Bonchev–Trinajstić information content (AvgIpc) is 2.51. The molecule has 0 aliphatic rings. The first-order valence-electron chi connectivity index (χ1n) is 6.32. The number of hydrogen-bond donors (Lipinski definition) is 2. The van der Waals surface area contributed by atoms with Crippen molar-refractivity contribution in [3.05, 3.63) is 54.7 Å². The monoisotopic (exact) mass is 265 g/mol. The standard InChI is InChI=1S/C16H15N3O/c1-20-12-6-4-11(5-7-12)19-15-9-8-14-13(16(15)17)3-2-10-18-14/h2-10,19H,17H2,1H3. The molecule has 1 heterocycles. The van der Waals surface area contributed by atoms with Crippen LogP contribution in [0.25, 0.3) is 10.9 Å². The molecule has 0 aliphatic carbocycles. The normalized spacial score (nSPS) is 10.4. The van der Waals surface area contributed by atoms with E-state index < -0.39 is 0 Å². The molecule has 0 aliphatic heterocycles. The van der Waals surface area contributed by atoms with Gasteiger partial charge in [0, 0.05) is 17.3 Å². The van der Waals surface area contributed by atoms with Gasteiger partial charge in [-0.2, -0.15) is 0 Å². The molecule has 3 N–H and O–H groups in total. The van der Waals surface area contributed by atoms with Crippen molar-refractivity contribution in [3.63, 3.8) is 0 Å². The van der Waals surface area contributed by atoms with Crippen LogP contribution in [0.4, 0.5) is 17.1 Å². The second kappa shape index (κ2) is 5.09. The fraction of sp³-hybridized carbons (Fsp3) is 0.0625. The number of nitrogen functional groups attached to an aromatic ring is 1. The maximum atomic E-state index is 6.20. The van der Waals surface area contributed by atoms with Crippen LogP contribution in [-0.4, -0.2) is 12.1 Å². The number of hydrogen-bond acceptors (Lipinski definition) is 4. The average molecular weight is 265 g/mol. The summed E-state index contributed by atoms with van der Waals surface area (Å²) in [6, 6.07) is 15.5. The van der Waals surface area contributed by atoms with Crippen molar-refractivity contribution in [2.45, 2.75) is 0 Å². The number of fused-ring (bicyclic) bond motifs is 1. The topological polar surface area (TPSA) is 60.2 Å². The van der Waals surface area contributed by atoms with Crippen LogP contribution in [0.1, 0.15) is 0 Å². The molecule has 0 unspecified atom stereocenters. The van der Waals surface area contributed by atoms with Gasteiger partial charge in [-0.3, -0.25) is 4.98 Å². The van der Waals surface area contributed by atoms with Gasteiger partial charge >= 0.3 is 0 Å². The number of ether oxygens (including phenoxy) is 1. The number of methoxy groups -OCH3 is 1. The lowest BCUT2D eigenvalue weighted by Gasteiger charge is -2.11. The largest absolute Gasteiger partial charge is 0.497 e. The van der Waals surface area contributed by atoms with Gasteiger partial charge in [0.1, 0.15) is 5.75 Å². The third kappa shape index (κ3) is 2.23. The number of rotatable bonds is 3.